The van der Waals surface area contributed by atoms with Crippen LogP contribution in [0, 0.1) is 0 Å². The summed E-state index contributed by atoms with van der Waals surface area (Å²) >= 11 is 11.5. The fourth-order valence-electron chi connectivity index (χ4n) is 2.13. The van der Waals surface area contributed by atoms with Crippen LogP contribution >= 0.6 is 23.2 Å². The molecule has 0 radical (unpaired) electrons. The van der Waals surface area contributed by atoms with Crippen molar-refractivity contribution in [3.63, 3.8) is 0 Å². The van der Waals surface area contributed by atoms with Gasteiger partial charge in [-0.05, 0) is 13.8 Å². The van der Waals surface area contributed by atoms with Gasteiger partial charge in [0.2, 0.25) is 0 Å². The van der Waals surface area contributed by atoms with Crippen LogP contribution in [-0.4, -0.2) is 40.0 Å². The lowest BCUT2D eigenvalue weighted by atomic mass is 10.2. The SMILES string of the molecule is CC1CN(Cn2ncc(Cl)c(Cl)c2=O)CC(C)O1. The van der Waals surface area contributed by atoms with Gasteiger partial charge in [0, 0.05) is 13.1 Å². The first-order chi connectivity index (χ1) is 8.47. The second-order valence-corrected chi connectivity index (χ2v) is 5.33. The highest BCUT2D eigenvalue weighted by atomic mass is 35.5. The van der Waals surface area contributed by atoms with E-state index >= 15 is 0 Å². The molecule has 1 aliphatic rings. The first-order valence-electron chi connectivity index (χ1n) is 5.76. The largest absolute Gasteiger partial charge is 0.373 e. The van der Waals surface area contributed by atoms with Crippen molar-refractivity contribution in [1.82, 2.24) is 14.7 Å². The first kappa shape index (κ1) is 13.8. The first-order valence-corrected chi connectivity index (χ1v) is 6.52. The van der Waals surface area contributed by atoms with Crippen molar-refractivity contribution in [1.29, 1.82) is 0 Å². The molecule has 0 saturated carbocycles. The van der Waals surface area contributed by atoms with Crippen molar-refractivity contribution >= 4 is 23.2 Å². The number of nitrogens with zero attached hydrogens (tertiary/aromatic N) is 3. The van der Waals surface area contributed by atoms with Crippen LogP contribution in [0.4, 0.5) is 0 Å². The Labute approximate surface area is 115 Å². The molecule has 2 unspecified atom stereocenters. The van der Waals surface area contributed by atoms with Gasteiger partial charge in [0.15, 0.2) is 0 Å². The zero-order valence-corrected chi connectivity index (χ0v) is 11.8. The maximum absolute atomic E-state index is 11.9. The molecule has 1 aliphatic heterocycles. The highest BCUT2D eigenvalue weighted by molar-refractivity contribution is 6.41. The van der Waals surface area contributed by atoms with Crippen LogP contribution in [0.5, 0.6) is 0 Å². The van der Waals surface area contributed by atoms with E-state index in [0.29, 0.717) is 6.67 Å². The molecule has 100 valence electrons. The Bertz CT molecular complexity index is 482. The molecule has 2 heterocycles. The maximum Gasteiger partial charge on any atom is 0.288 e. The molecular weight excluding hydrogens is 277 g/mol. The molecule has 1 saturated heterocycles. The topological polar surface area (TPSA) is 47.4 Å². The van der Waals surface area contributed by atoms with Crippen LogP contribution in [-0.2, 0) is 11.4 Å². The number of ether oxygens (including phenoxy) is 1. The van der Waals surface area contributed by atoms with Crippen LogP contribution in [0.15, 0.2) is 11.0 Å². The summed E-state index contributed by atoms with van der Waals surface area (Å²) < 4.78 is 6.95. The molecule has 2 atom stereocenters. The number of aromatic nitrogens is 2. The predicted octanol–water partition coefficient (Wildman–Crippen LogP) is 1.62. The summed E-state index contributed by atoms with van der Waals surface area (Å²) in [6.45, 7) is 5.94. The van der Waals surface area contributed by atoms with Crippen molar-refractivity contribution < 1.29 is 4.74 Å². The summed E-state index contributed by atoms with van der Waals surface area (Å²) in [5.41, 5.74) is -0.365. The standard InChI is InChI=1S/C11H15Cl2N3O2/c1-7-4-15(5-8(2)18-7)6-16-11(17)10(13)9(12)3-14-16/h3,7-8H,4-6H2,1-2H3. The smallest absolute Gasteiger partial charge is 0.288 e. The minimum atomic E-state index is -0.365. The molecule has 1 fully saturated rings. The van der Waals surface area contributed by atoms with Crippen molar-refractivity contribution in [2.24, 2.45) is 0 Å². The molecule has 0 amide bonds. The lowest BCUT2D eigenvalue weighted by Crippen LogP contribution is -2.47. The van der Waals surface area contributed by atoms with E-state index in [2.05, 4.69) is 10.00 Å². The Morgan fingerprint density at radius 2 is 2.00 bits per heavy atom. The molecule has 5 nitrogen and oxygen atoms in total. The van der Waals surface area contributed by atoms with Crippen LogP contribution in [0.3, 0.4) is 0 Å². The average Bonchev–Trinajstić information content (AvgIpc) is 2.29. The van der Waals surface area contributed by atoms with E-state index in [4.69, 9.17) is 27.9 Å². The lowest BCUT2D eigenvalue weighted by molar-refractivity contribution is -0.0779. The molecule has 1 aromatic heterocycles. The van der Waals surface area contributed by atoms with Crippen molar-refractivity contribution in [3.8, 4) is 0 Å². The fraction of sp³-hybridized carbons (Fsp3) is 0.636. The highest BCUT2D eigenvalue weighted by Gasteiger charge is 2.23. The van der Waals surface area contributed by atoms with Gasteiger partial charge in [-0.2, -0.15) is 5.10 Å². The quantitative estimate of drug-likeness (QED) is 0.831. The minimum Gasteiger partial charge on any atom is -0.373 e. The number of hydrogen-bond acceptors (Lipinski definition) is 4. The van der Waals surface area contributed by atoms with Gasteiger partial charge in [-0.25, -0.2) is 4.68 Å². The van der Waals surface area contributed by atoms with E-state index in [0.717, 1.165) is 13.1 Å². The molecule has 1 aromatic rings. The summed E-state index contributed by atoms with van der Waals surface area (Å²) in [7, 11) is 0. The van der Waals surface area contributed by atoms with Gasteiger partial charge in [0.05, 0.1) is 30.1 Å². The Hall–Kier alpha value is -0.620. The maximum atomic E-state index is 11.9. The van der Waals surface area contributed by atoms with Gasteiger partial charge in [-0.1, -0.05) is 23.2 Å². The normalized spacial score (nSPS) is 25.3. The minimum absolute atomic E-state index is 0.0148. The predicted molar refractivity (Wildman–Crippen MR) is 70.1 cm³/mol. The highest BCUT2D eigenvalue weighted by Crippen LogP contribution is 2.15. The van der Waals surface area contributed by atoms with Gasteiger partial charge in [0.1, 0.15) is 5.02 Å². The molecule has 0 aromatic carbocycles. The Balaban J connectivity index is 2.14. The summed E-state index contributed by atoms with van der Waals surface area (Å²) in [5.74, 6) is 0. The fourth-order valence-corrected chi connectivity index (χ4v) is 2.41. The van der Waals surface area contributed by atoms with E-state index in [9.17, 15) is 4.79 Å². The van der Waals surface area contributed by atoms with Gasteiger partial charge < -0.3 is 4.74 Å². The van der Waals surface area contributed by atoms with Gasteiger partial charge in [-0.15, -0.1) is 0 Å². The van der Waals surface area contributed by atoms with E-state index in [1.54, 1.807) is 0 Å². The summed E-state index contributed by atoms with van der Waals surface area (Å²) in [6, 6.07) is 0. The number of hydrogen-bond donors (Lipinski definition) is 0. The third kappa shape index (κ3) is 3.03. The van der Waals surface area contributed by atoms with Crippen LogP contribution < -0.4 is 5.56 Å². The molecule has 0 bridgehead atoms. The third-order valence-corrected chi connectivity index (χ3v) is 3.52. The van der Waals surface area contributed by atoms with E-state index in [1.807, 2.05) is 13.8 Å². The van der Waals surface area contributed by atoms with Gasteiger partial charge in [0.25, 0.3) is 5.56 Å². The Kier molecular flexibility index (Phi) is 4.27. The molecule has 18 heavy (non-hydrogen) atoms. The molecule has 2 rings (SSSR count). The Morgan fingerprint density at radius 3 is 2.61 bits per heavy atom. The summed E-state index contributed by atoms with van der Waals surface area (Å²) in [6.07, 6.45) is 1.68. The number of halogens is 2. The zero-order chi connectivity index (χ0) is 13.3. The lowest BCUT2D eigenvalue weighted by Gasteiger charge is -2.35. The third-order valence-electron chi connectivity index (χ3n) is 2.77. The van der Waals surface area contributed by atoms with Crippen LogP contribution in [0.25, 0.3) is 0 Å². The second kappa shape index (κ2) is 5.57. The van der Waals surface area contributed by atoms with Crippen LogP contribution in [0.2, 0.25) is 10.0 Å². The van der Waals surface area contributed by atoms with Gasteiger partial charge in [-0.3, -0.25) is 9.69 Å². The monoisotopic (exact) mass is 291 g/mol. The van der Waals surface area contributed by atoms with E-state index < -0.39 is 0 Å². The molecule has 0 spiro atoms. The molecular formula is C11H15Cl2N3O2. The van der Waals surface area contributed by atoms with Crippen molar-refractivity contribution in [2.45, 2.75) is 32.7 Å². The second-order valence-electron chi connectivity index (χ2n) is 4.55. The van der Waals surface area contributed by atoms with E-state index in [-0.39, 0.29) is 27.8 Å². The summed E-state index contributed by atoms with van der Waals surface area (Å²) in [5, 5.41) is 4.19. The van der Waals surface area contributed by atoms with Crippen molar-refractivity contribution in [3.05, 3.63) is 26.6 Å². The average molecular weight is 292 g/mol. The molecule has 0 N–H and O–H groups in total. The van der Waals surface area contributed by atoms with Crippen LogP contribution in [0.1, 0.15) is 13.8 Å². The Morgan fingerprint density at radius 1 is 1.39 bits per heavy atom. The zero-order valence-electron chi connectivity index (χ0n) is 10.3. The summed E-state index contributed by atoms with van der Waals surface area (Å²) in [4.78, 5) is 14.0. The van der Waals surface area contributed by atoms with E-state index in [1.165, 1.54) is 10.9 Å². The number of morpholine rings is 1. The number of rotatable bonds is 2. The molecule has 7 heteroatoms. The van der Waals surface area contributed by atoms with Gasteiger partial charge >= 0.3 is 0 Å². The van der Waals surface area contributed by atoms with Crippen molar-refractivity contribution in [2.75, 3.05) is 13.1 Å². The molecule has 0 aliphatic carbocycles.